The molecule has 0 spiro atoms. The van der Waals surface area contributed by atoms with Crippen LogP contribution in [0.4, 0.5) is 0 Å². The summed E-state index contributed by atoms with van der Waals surface area (Å²) in [4.78, 5) is 31.4. The number of thiazole rings is 1. The first kappa shape index (κ1) is 18.7. The minimum Gasteiger partial charge on any atom is -0.490 e. The number of ether oxygens (including phenoxy) is 1. The van der Waals surface area contributed by atoms with E-state index >= 15 is 0 Å². The minimum absolute atomic E-state index is 0.0296. The van der Waals surface area contributed by atoms with Crippen molar-refractivity contribution in [2.24, 2.45) is 5.92 Å². The van der Waals surface area contributed by atoms with Gasteiger partial charge in [0.15, 0.2) is 0 Å². The predicted octanol–water partition coefficient (Wildman–Crippen LogP) is 2.65. The Kier molecular flexibility index (Phi) is 6.11. The van der Waals surface area contributed by atoms with Crippen LogP contribution in [0.15, 0.2) is 30.5 Å². The number of nitrogens with zero attached hydrogens (tertiary/aromatic N) is 2. The van der Waals surface area contributed by atoms with Gasteiger partial charge in [-0.1, -0.05) is 23.7 Å². The molecule has 26 heavy (non-hydrogen) atoms. The van der Waals surface area contributed by atoms with Crippen molar-refractivity contribution < 1.29 is 14.3 Å². The van der Waals surface area contributed by atoms with Gasteiger partial charge < -0.3 is 15.0 Å². The molecule has 1 unspecified atom stereocenters. The summed E-state index contributed by atoms with van der Waals surface area (Å²) in [5.41, 5.74) is 0. The van der Waals surface area contributed by atoms with E-state index in [0.717, 1.165) is 9.88 Å². The fraction of sp³-hybridized carbons (Fsp3) is 0.389. The van der Waals surface area contributed by atoms with E-state index in [2.05, 4.69) is 10.3 Å². The highest BCUT2D eigenvalue weighted by Gasteiger charge is 2.34. The molecule has 0 aliphatic carbocycles. The molecule has 0 saturated carbocycles. The molecule has 1 saturated heterocycles. The van der Waals surface area contributed by atoms with Gasteiger partial charge in [-0.15, -0.1) is 11.3 Å². The molecule has 1 N–H and O–H groups in total. The summed E-state index contributed by atoms with van der Waals surface area (Å²) in [6, 6.07) is 7.20. The predicted molar refractivity (Wildman–Crippen MR) is 100 cm³/mol. The number of rotatable bonds is 7. The van der Waals surface area contributed by atoms with Gasteiger partial charge in [0, 0.05) is 24.0 Å². The van der Waals surface area contributed by atoms with E-state index in [-0.39, 0.29) is 24.2 Å². The van der Waals surface area contributed by atoms with Crippen LogP contribution < -0.4 is 10.1 Å². The third-order valence-corrected chi connectivity index (χ3v) is 5.35. The lowest BCUT2D eigenvalue weighted by Gasteiger charge is -2.17. The number of aromatic nitrogens is 1. The molecule has 2 amide bonds. The zero-order valence-corrected chi connectivity index (χ0v) is 16.0. The lowest BCUT2D eigenvalue weighted by molar-refractivity contribution is -0.129. The summed E-state index contributed by atoms with van der Waals surface area (Å²) in [5.74, 6) is 0.122. The lowest BCUT2D eigenvalue weighted by Crippen LogP contribution is -2.34. The molecule has 1 aliphatic rings. The molecule has 2 aromatic rings. The Balaban J connectivity index is 1.44. The van der Waals surface area contributed by atoms with Crippen LogP contribution in [0.5, 0.6) is 5.75 Å². The van der Waals surface area contributed by atoms with Crippen molar-refractivity contribution in [1.82, 2.24) is 15.2 Å². The third kappa shape index (κ3) is 4.74. The Labute approximate surface area is 161 Å². The highest BCUT2D eigenvalue weighted by atomic mass is 35.5. The summed E-state index contributed by atoms with van der Waals surface area (Å²) < 4.78 is 5.62. The average Bonchev–Trinajstić information content (AvgIpc) is 3.20. The van der Waals surface area contributed by atoms with E-state index in [9.17, 15) is 9.59 Å². The summed E-state index contributed by atoms with van der Waals surface area (Å²) in [7, 11) is 0. The van der Waals surface area contributed by atoms with Crippen molar-refractivity contribution >= 4 is 34.8 Å². The zero-order valence-electron chi connectivity index (χ0n) is 14.4. The number of nitrogens with one attached hydrogen (secondary N) is 1. The lowest BCUT2D eigenvalue weighted by atomic mass is 10.1. The van der Waals surface area contributed by atoms with E-state index in [1.807, 2.05) is 19.1 Å². The van der Waals surface area contributed by atoms with Crippen LogP contribution in [0.1, 0.15) is 16.3 Å². The van der Waals surface area contributed by atoms with Crippen LogP contribution in [0.3, 0.4) is 0 Å². The summed E-state index contributed by atoms with van der Waals surface area (Å²) in [6.07, 6.45) is 2.01. The first-order chi connectivity index (χ1) is 12.5. The first-order valence-corrected chi connectivity index (χ1v) is 9.56. The van der Waals surface area contributed by atoms with Gasteiger partial charge in [-0.05, 0) is 19.1 Å². The van der Waals surface area contributed by atoms with Crippen molar-refractivity contribution in [1.29, 1.82) is 0 Å². The van der Waals surface area contributed by atoms with Gasteiger partial charge in [-0.25, -0.2) is 4.98 Å². The molecule has 138 valence electrons. The van der Waals surface area contributed by atoms with Gasteiger partial charge in [-0.2, -0.15) is 0 Å². The van der Waals surface area contributed by atoms with Crippen molar-refractivity contribution in [2.75, 3.05) is 19.7 Å². The van der Waals surface area contributed by atoms with Gasteiger partial charge in [0.25, 0.3) is 0 Å². The summed E-state index contributed by atoms with van der Waals surface area (Å²) in [6.45, 7) is 3.55. The molecule has 8 heteroatoms. The maximum absolute atomic E-state index is 12.3. The molecular weight excluding hydrogens is 374 g/mol. The van der Waals surface area contributed by atoms with Crippen LogP contribution in [0, 0.1) is 12.8 Å². The SMILES string of the molecule is Cc1cnc(CNC(=O)C2CC(=O)N(CCOc3ccccc3Cl)C2)s1. The van der Waals surface area contributed by atoms with Gasteiger partial charge in [0.05, 0.1) is 24.0 Å². The highest BCUT2D eigenvalue weighted by Crippen LogP contribution is 2.23. The summed E-state index contributed by atoms with van der Waals surface area (Å²) in [5, 5.41) is 4.27. The largest absolute Gasteiger partial charge is 0.490 e. The smallest absolute Gasteiger partial charge is 0.225 e. The monoisotopic (exact) mass is 393 g/mol. The number of carbonyl (C=O) groups is 2. The summed E-state index contributed by atoms with van der Waals surface area (Å²) >= 11 is 7.59. The first-order valence-electron chi connectivity index (χ1n) is 8.37. The standard InChI is InChI=1S/C18H20ClN3O3S/c1-12-9-20-16(26-12)10-21-18(24)13-8-17(23)22(11-13)6-7-25-15-5-3-2-4-14(15)19/h2-5,9,13H,6-8,10-11H2,1H3,(H,21,24). The molecule has 2 heterocycles. The van der Waals surface area contributed by atoms with Crippen LogP contribution >= 0.6 is 22.9 Å². The topological polar surface area (TPSA) is 71.5 Å². The second-order valence-corrected chi connectivity index (χ2v) is 7.83. The number of para-hydroxylation sites is 1. The number of halogens is 1. The fourth-order valence-electron chi connectivity index (χ4n) is 2.78. The maximum Gasteiger partial charge on any atom is 0.225 e. The molecule has 1 aliphatic heterocycles. The minimum atomic E-state index is -0.330. The van der Waals surface area contributed by atoms with Crippen molar-refractivity contribution in [3.63, 3.8) is 0 Å². The number of likely N-dealkylation sites (tertiary alicyclic amines) is 1. The second kappa shape index (κ2) is 8.51. The molecule has 1 aromatic heterocycles. The molecule has 0 radical (unpaired) electrons. The number of benzene rings is 1. The van der Waals surface area contributed by atoms with Crippen molar-refractivity contribution in [2.45, 2.75) is 19.9 Å². The van der Waals surface area contributed by atoms with Gasteiger partial charge in [-0.3, -0.25) is 9.59 Å². The number of hydrogen-bond acceptors (Lipinski definition) is 5. The Hall–Kier alpha value is -2.12. The van der Waals surface area contributed by atoms with Crippen LogP contribution in [-0.2, 0) is 16.1 Å². The van der Waals surface area contributed by atoms with E-state index in [0.29, 0.717) is 37.0 Å². The van der Waals surface area contributed by atoms with Gasteiger partial charge >= 0.3 is 0 Å². The molecular formula is C18H20ClN3O3S. The highest BCUT2D eigenvalue weighted by molar-refractivity contribution is 7.11. The molecule has 6 nitrogen and oxygen atoms in total. The Bertz CT molecular complexity index is 795. The number of hydrogen-bond donors (Lipinski definition) is 1. The Morgan fingerprint density at radius 2 is 2.27 bits per heavy atom. The molecule has 1 atom stereocenters. The number of aryl methyl sites for hydroxylation is 1. The zero-order chi connectivity index (χ0) is 18.5. The maximum atomic E-state index is 12.3. The van der Waals surface area contributed by atoms with Crippen LogP contribution in [-0.4, -0.2) is 41.4 Å². The van der Waals surface area contributed by atoms with Crippen molar-refractivity contribution in [3.05, 3.63) is 45.4 Å². The fourth-order valence-corrected chi connectivity index (χ4v) is 3.70. The Morgan fingerprint density at radius 3 is 3.00 bits per heavy atom. The third-order valence-electron chi connectivity index (χ3n) is 4.12. The van der Waals surface area contributed by atoms with Gasteiger partial charge in [0.1, 0.15) is 17.4 Å². The number of amides is 2. The van der Waals surface area contributed by atoms with Gasteiger partial charge in [0.2, 0.25) is 11.8 Å². The molecule has 0 bridgehead atoms. The molecule has 3 rings (SSSR count). The van der Waals surface area contributed by atoms with E-state index in [1.54, 1.807) is 34.6 Å². The number of carbonyl (C=O) groups excluding carboxylic acids is 2. The Morgan fingerprint density at radius 1 is 1.46 bits per heavy atom. The van der Waals surface area contributed by atoms with Crippen LogP contribution in [0.2, 0.25) is 5.02 Å². The van der Waals surface area contributed by atoms with E-state index in [1.165, 1.54) is 0 Å². The van der Waals surface area contributed by atoms with E-state index in [4.69, 9.17) is 16.3 Å². The average molecular weight is 394 g/mol. The normalized spacial score (nSPS) is 16.8. The second-order valence-electron chi connectivity index (χ2n) is 6.10. The van der Waals surface area contributed by atoms with Crippen LogP contribution in [0.25, 0.3) is 0 Å². The quantitative estimate of drug-likeness (QED) is 0.785. The molecule has 1 aromatic carbocycles. The van der Waals surface area contributed by atoms with Crippen molar-refractivity contribution in [3.8, 4) is 5.75 Å². The van der Waals surface area contributed by atoms with E-state index < -0.39 is 0 Å². The molecule has 1 fully saturated rings.